The number of H-pyrrole nitrogens is 1. The van der Waals surface area contributed by atoms with Crippen LogP contribution in [0.15, 0.2) is 65.5 Å². The lowest BCUT2D eigenvalue weighted by Gasteiger charge is -2.05. The third-order valence-corrected chi connectivity index (χ3v) is 3.57. The topological polar surface area (TPSA) is 49.9 Å². The number of rotatable bonds is 3. The number of aromatic nitrogens is 1. The van der Waals surface area contributed by atoms with E-state index in [1.165, 1.54) is 6.08 Å². The van der Waals surface area contributed by atoms with Crippen molar-refractivity contribution in [3.8, 4) is 0 Å². The van der Waals surface area contributed by atoms with Gasteiger partial charge >= 0.3 is 0 Å². The Morgan fingerprint density at radius 2 is 1.68 bits per heavy atom. The Hall–Kier alpha value is -2.94. The van der Waals surface area contributed by atoms with E-state index in [4.69, 9.17) is 0 Å². The summed E-state index contributed by atoms with van der Waals surface area (Å²) in [6.07, 6.45) is 3.16. The molecule has 2 aromatic carbocycles. The summed E-state index contributed by atoms with van der Waals surface area (Å²) in [5, 5.41) is 0.532. The molecule has 22 heavy (non-hydrogen) atoms. The zero-order valence-corrected chi connectivity index (χ0v) is 12.2. The number of benzene rings is 2. The quantitative estimate of drug-likeness (QED) is 0.590. The van der Waals surface area contributed by atoms with Gasteiger partial charge in [0.15, 0.2) is 5.78 Å². The summed E-state index contributed by atoms with van der Waals surface area (Å²) in [5.41, 5.74) is 2.23. The molecule has 0 saturated heterocycles. The van der Waals surface area contributed by atoms with Crippen molar-refractivity contribution < 1.29 is 4.79 Å². The minimum Gasteiger partial charge on any atom is -0.358 e. The van der Waals surface area contributed by atoms with Crippen LogP contribution in [0.3, 0.4) is 0 Å². The van der Waals surface area contributed by atoms with Crippen LogP contribution >= 0.6 is 0 Å². The molecule has 0 spiro atoms. The lowest BCUT2D eigenvalue weighted by molar-refractivity contribution is 0.104. The summed E-state index contributed by atoms with van der Waals surface area (Å²) in [5.74, 6) is -0.284. The van der Waals surface area contributed by atoms with E-state index in [-0.39, 0.29) is 16.8 Å². The number of fused-ring (bicyclic) bond motifs is 1. The van der Waals surface area contributed by atoms with Gasteiger partial charge in [-0.2, -0.15) is 0 Å². The van der Waals surface area contributed by atoms with E-state index in [0.717, 1.165) is 11.1 Å². The molecule has 108 valence electrons. The Morgan fingerprint density at radius 1 is 1.00 bits per heavy atom. The fraction of sp³-hybridized carbons (Fsp3) is 0.0526. The maximum atomic E-state index is 12.5. The molecule has 0 fully saturated rings. The summed E-state index contributed by atoms with van der Waals surface area (Å²) in [7, 11) is 0. The number of ketones is 1. The number of aromatic amines is 1. The van der Waals surface area contributed by atoms with Gasteiger partial charge in [-0.05, 0) is 30.7 Å². The van der Waals surface area contributed by atoms with E-state index in [0.29, 0.717) is 11.1 Å². The van der Waals surface area contributed by atoms with Gasteiger partial charge in [0.25, 0.3) is 0 Å². The lowest BCUT2D eigenvalue weighted by atomic mass is 10.0. The molecule has 3 rings (SSSR count). The normalized spacial score (nSPS) is 11.1. The number of hydrogen-bond acceptors (Lipinski definition) is 2. The van der Waals surface area contributed by atoms with Crippen LogP contribution in [0, 0.1) is 6.92 Å². The largest absolute Gasteiger partial charge is 0.358 e. The fourth-order valence-corrected chi connectivity index (χ4v) is 2.48. The van der Waals surface area contributed by atoms with Crippen molar-refractivity contribution in [3.63, 3.8) is 0 Å². The van der Waals surface area contributed by atoms with Crippen LogP contribution in [0.2, 0.25) is 0 Å². The van der Waals surface area contributed by atoms with Gasteiger partial charge in [-0.25, -0.2) is 0 Å². The predicted octanol–water partition coefficient (Wildman–Crippen LogP) is 3.73. The zero-order valence-electron chi connectivity index (χ0n) is 12.2. The van der Waals surface area contributed by atoms with Crippen molar-refractivity contribution in [2.45, 2.75) is 6.92 Å². The van der Waals surface area contributed by atoms with Crippen LogP contribution in [-0.4, -0.2) is 10.8 Å². The highest BCUT2D eigenvalue weighted by Gasteiger charge is 2.14. The third kappa shape index (κ3) is 2.61. The summed E-state index contributed by atoms with van der Waals surface area (Å²) < 4.78 is 0. The Morgan fingerprint density at radius 3 is 2.45 bits per heavy atom. The highest BCUT2D eigenvalue weighted by atomic mass is 16.1. The molecule has 0 unspecified atom stereocenters. The molecule has 0 radical (unpaired) electrons. The first-order chi connectivity index (χ1) is 10.7. The number of hydrogen-bond donors (Lipinski definition) is 1. The number of nitrogens with one attached hydrogen (secondary N) is 1. The molecule has 0 aliphatic rings. The summed E-state index contributed by atoms with van der Waals surface area (Å²) in [4.78, 5) is 28.0. The Bertz CT molecular complexity index is 921. The molecular formula is C19H15NO2. The Labute approximate surface area is 127 Å². The van der Waals surface area contributed by atoms with Crippen LogP contribution in [0.1, 0.15) is 21.6 Å². The van der Waals surface area contributed by atoms with Crippen molar-refractivity contribution in [1.29, 1.82) is 0 Å². The SMILES string of the molecule is Cc1[nH]c2ccccc2c(=O)c1C(=O)/C=C/c1ccccc1. The summed E-state index contributed by atoms with van der Waals surface area (Å²) >= 11 is 0. The molecule has 0 atom stereocenters. The van der Waals surface area contributed by atoms with Crippen LogP contribution in [0.4, 0.5) is 0 Å². The Balaban J connectivity index is 2.05. The molecule has 1 heterocycles. The van der Waals surface area contributed by atoms with Gasteiger partial charge in [0.2, 0.25) is 5.43 Å². The third-order valence-electron chi connectivity index (χ3n) is 3.57. The van der Waals surface area contributed by atoms with Gasteiger partial charge in [0.05, 0.1) is 5.56 Å². The van der Waals surface area contributed by atoms with Gasteiger partial charge in [0.1, 0.15) is 0 Å². The minimum atomic E-state index is -0.284. The summed E-state index contributed by atoms with van der Waals surface area (Å²) in [6, 6.07) is 16.7. The van der Waals surface area contributed by atoms with Gasteiger partial charge in [-0.3, -0.25) is 9.59 Å². The second-order valence-electron chi connectivity index (χ2n) is 5.11. The van der Waals surface area contributed by atoms with Gasteiger partial charge in [-0.1, -0.05) is 48.5 Å². The minimum absolute atomic E-state index is 0.200. The van der Waals surface area contributed by atoms with Crippen molar-refractivity contribution in [1.82, 2.24) is 4.98 Å². The lowest BCUT2D eigenvalue weighted by Crippen LogP contribution is -2.17. The smallest absolute Gasteiger partial charge is 0.200 e. The first-order valence-corrected chi connectivity index (χ1v) is 7.06. The molecule has 3 nitrogen and oxygen atoms in total. The first-order valence-electron chi connectivity index (χ1n) is 7.06. The first kappa shape index (κ1) is 14.0. The molecular weight excluding hydrogens is 274 g/mol. The number of pyridine rings is 1. The van der Waals surface area contributed by atoms with E-state index >= 15 is 0 Å². The van der Waals surface area contributed by atoms with E-state index in [1.54, 1.807) is 25.1 Å². The van der Waals surface area contributed by atoms with E-state index in [2.05, 4.69) is 4.98 Å². The van der Waals surface area contributed by atoms with Crippen LogP contribution in [-0.2, 0) is 0 Å². The number of carbonyl (C=O) groups is 1. The standard InChI is InChI=1S/C19H15NO2/c1-13-18(17(21)12-11-14-7-3-2-4-8-14)19(22)15-9-5-6-10-16(15)20-13/h2-12H,1H3,(H,20,22)/b12-11+. The fourth-order valence-electron chi connectivity index (χ4n) is 2.48. The van der Waals surface area contributed by atoms with E-state index < -0.39 is 0 Å². The maximum absolute atomic E-state index is 12.5. The van der Waals surface area contributed by atoms with Crippen LogP contribution in [0.5, 0.6) is 0 Å². The van der Waals surface area contributed by atoms with Crippen LogP contribution in [0.25, 0.3) is 17.0 Å². The second-order valence-corrected chi connectivity index (χ2v) is 5.11. The molecule has 3 heteroatoms. The van der Waals surface area contributed by atoms with Crippen molar-refractivity contribution in [2.75, 3.05) is 0 Å². The molecule has 3 aromatic rings. The number of para-hydroxylation sites is 1. The molecule has 0 amide bonds. The molecule has 0 bridgehead atoms. The molecule has 1 N–H and O–H groups in total. The van der Waals surface area contributed by atoms with E-state index in [9.17, 15) is 9.59 Å². The van der Waals surface area contributed by atoms with Crippen molar-refractivity contribution in [3.05, 3.63) is 87.7 Å². The van der Waals surface area contributed by atoms with Crippen LogP contribution < -0.4 is 5.43 Å². The number of allylic oxidation sites excluding steroid dienone is 1. The monoisotopic (exact) mass is 289 g/mol. The highest BCUT2D eigenvalue weighted by molar-refractivity contribution is 6.08. The summed E-state index contributed by atoms with van der Waals surface area (Å²) in [6.45, 7) is 1.75. The van der Waals surface area contributed by atoms with E-state index in [1.807, 2.05) is 42.5 Å². The number of aryl methyl sites for hydroxylation is 1. The highest BCUT2D eigenvalue weighted by Crippen LogP contribution is 2.12. The second kappa shape index (κ2) is 5.82. The van der Waals surface area contributed by atoms with Gasteiger partial charge < -0.3 is 4.98 Å². The molecule has 1 aromatic heterocycles. The zero-order chi connectivity index (χ0) is 15.5. The number of carbonyl (C=O) groups excluding carboxylic acids is 1. The van der Waals surface area contributed by atoms with Gasteiger partial charge in [-0.15, -0.1) is 0 Å². The predicted molar refractivity (Wildman–Crippen MR) is 89.1 cm³/mol. The molecule has 0 saturated carbocycles. The molecule has 0 aliphatic carbocycles. The average molecular weight is 289 g/mol. The van der Waals surface area contributed by atoms with Crippen molar-refractivity contribution in [2.24, 2.45) is 0 Å². The molecule has 0 aliphatic heterocycles. The van der Waals surface area contributed by atoms with Gasteiger partial charge in [0, 0.05) is 16.6 Å². The Kier molecular flexibility index (Phi) is 3.71. The average Bonchev–Trinajstić information content (AvgIpc) is 2.54. The maximum Gasteiger partial charge on any atom is 0.200 e. The van der Waals surface area contributed by atoms with Crippen molar-refractivity contribution >= 4 is 22.8 Å².